The quantitative estimate of drug-likeness (QED) is 0.776. The van der Waals surface area contributed by atoms with E-state index in [1.165, 1.54) is 0 Å². The lowest BCUT2D eigenvalue weighted by Crippen LogP contribution is -2.30. The number of hydrogen-bond acceptors (Lipinski definition) is 2. The van der Waals surface area contributed by atoms with Gasteiger partial charge in [0.2, 0.25) is 0 Å². The first-order valence-corrected chi connectivity index (χ1v) is 6.68. The fourth-order valence-electron chi connectivity index (χ4n) is 1.79. The maximum Gasteiger partial charge on any atom is 0.319 e. The van der Waals surface area contributed by atoms with Gasteiger partial charge in [0.15, 0.2) is 0 Å². The number of hydrogen-bond donors (Lipinski definition) is 2. The van der Waals surface area contributed by atoms with E-state index in [-0.39, 0.29) is 6.03 Å². The van der Waals surface area contributed by atoms with Crippen molar-refractivity contribution >= 4 is 11.7 Å². The normalized spacial score (nSPS) is 10.6. The van der Waals surface area contributed by atoms with Crippen LogP contribution in [0.3, 0.4) is 0 Å². The van der Waals surface area contributed by atoms with Crippen molar-refractivity contribution in [3.05, 3.63) is 24.0 Å². The Balaban J connectivity index is 2.70. The monoisotopic (exact) mass is 264 g/mol. The number of aromatic nitrogens is 2. The third-order valence-electron chi connectivity index (χ3n) is 2.62. The van der Waals surface area contributed by atoms with Crippen molar-refractivity contribution in [2.24, 2.45) is 5.92 Å². The summed E-state index contributed by atoms with van der Waals surface area (Å²) in [5.41, 5.74) is 2.75. The highest BCUT2D eigenvalue weighted by Gasteiger charge is 2.12. The Morgan fingerprint density at radius 2 is 2.21 bits per heavy atom. The molecule has 2 N–H and O–H groups in total. The minimum absolute atomic E-state index is 0.221. The van der Waals surface area contributed by atoms with Crippen molar-refractivity contribution in [3.8, 4) is 0 Å². The van der Waals surface area contributed by atoms with Crippen LogP contribution in [-0.2, 0) is 13.0 Å². The lowest BCUT2D eigenvalue weighted by molar-refractivity contribution is 0.253. The predicted molar refractivity (Wildman–Crippen MR) is 78.3 cm³/mol. The third-order valence-corrected chi connectivity index (χ3v) is 2.62. The Hall–Kier alpha value is -1.78. The first-order chi connectivity index (χ1) is 8.93. The van der Waals surface area contributed by atoms with Crippen LogP contribution in [0.5, 0.6) is 0 Å². The molecule has 5 heteroatoms. The van der Waals surface area contributed by atoms with Crippen molar-refractivity contribution in [2.45, 2.75) is 40.7 Å². The van der Waals surface area contributed by atoms with Crippen LogP contribution in [0.4, 0.5) is 10.5 Å². The van der Waals surface area contributed by atoms with Crippen molar-refractivity contribution < 1.29 is 4.79 Å². The summed E-state index contributed by atoms with van der Waals surface area (Å²) in [6.45, 7) is 13.3. The zero-order valence-corrected chi connectivity index (χ0v) is 12.3. The molecule has 106 valence electrons. The van der Waals surface area contributed by atoms with E-state index in [4.69, 9.17) is 0 Å². The molecule has 1 aromatic heterocycles. The number of urea groups is 1. The van der Waals surface area contributed by atoms with Gasteiger partial charge in [0.05, 0.1) is 17.6 Å². The van der Waals surface area contributed by atoms with Crippen LogP contribution in [0.25, 0.3) is 0 Å². The number of nitrogens with zero attached hydrogens (tertiary/aromatic N) is 2. The fourth-order valence-corrected chi connectivity index (χ4v) is 1.79. The molecule has 0 atom stereocenters. The molecule has 0 saturated heterocycles. The molecule has 0 aliphatic carbocycles. The largest absolute Gasteiger partial charge is 0.334 e. The maximum absolute atomic E-state index is 11.7. The molecule has 0 spiro atoms. The Morgan fingerprint density at radius 1 is 1.53 bits per heavy atom. The fraction of sp³-hybridized carbons (Fsp3) is 0.571. The van der Waals surface area contributed by atoms with Gasteiger partial charge in [-0.1, -0.05) is 32.9 Å². The van der Waals surface area contributed by atoms with Crippen LogP contribution in [-0.4, -0.2) is 22.4 Å². The highest BCUT2D eigenvalue weighted by atomic mass is 16.2. The van der Waals surface area contributed by atoms with E-state index >= 15 is 0 Å². The van der Waals surface area contributed by atoms with Crippen LogP contribution >= 0.6 is 0 Å². The van der Waals surface area contributed by atoms with Gasteiger partial charge in [-0.05, 0) is 19.3 Å². The Bertz CT molecular complexity index is 448. The van der Waals surface area contributed by atoms with Gasteiger partial charge < -0.3 is 10.6 Å². The smallest absolute Gasteiger partial charge is 0.319 e. The summed E-state index contributed by atoms with van der Waals surface area (Å²) in [7, 11) is 0. The van der Waals surface area contributed by atoms with Gasteiger partial charge in [-0.25, -0.2) is 4.79 Å². The highest BCUT2D eigenvalue weighted by Crippen LogP contribution is 2.16. The average Bonchev–Trinajstić information content (AvgIpc) is 2.67. The molecule has 0 bridgehead atoms. The molecule has 2 amide bonds. The molecule has 5 nitrogen and oxygen atoms in total. The third kappa shape index (κ3) is 4.77. The van der Waals surface area contributed by atoms with E-state index in [0.29, 0.717) is 12.5 Å². The summed E-state index contributed by atoms with van der Waals surface area (Å²) in [5, 5.41) is 9.91. The van der Waals surface area contributed by atoms with Gasteiger partial charge in [-0.2, -0.15) is 5.10 Å². The number of carbonyl (C=O) groups is 1. The van der Waals surface area contributed by atoms with Crippen LogP contribution in [0.1, 0.15) is 33.4 Å². The number of carbonyl (C=O) groups excluding carboxylic acids is 1. The molecule has 0 unspecified atom stereocenters. The molecule has 0 radical (unpaired) electrons. The summed E-state index contributed by atoms with van der Waals surface area (Å²) in [5.74, 6) is 0.523. The van der Waals surface area contributed by atoms with Gasteiger partial charge in [0, 0.05) is 13.1 Å². The molecule has 1 aromatic rings. The van der Waals surface area contributed by atoms with Crippen LogP contribution in [0.15, 0.2) is 18.3 Å². The van der Waals surface area contributed by atoms with Crippen molar-refractivity contribution in [1.82, 2.24) is 15.1 Å². The second-order valence-corrected chi connectivity index (χ2v) is 5.20. The van der Waals surface area contributed by atoms with Crippen molar-refractivity contribution in [1.29, 1.82) is 0 Å². The van der Waals surface area contributed by atoms with E-state index in [2.05, 4.69) is 43.1 Å². The maximum atomic E-state index is 11.7. The standard InChI is InChI=1S/C14H24N4O/c1-6-13-12(8-16-18(13)9-11(4)5)17-14(19)15-7-10(2)3/h8,11H,2,6-7,9H2,1,3-5H3,(H2,15,17,19). The summed E-state index contributed by atoms with van der Waals surface area (Å²) in [4.78, 5) is 11.7. The zero-order valence-electron chi connectivity index (χ0n) is 12.3. The topological polar surface area (TPSA) is 59.0 Å². The first kappa shape index (κ1) is 15.3. The van der Waals surface area contributed by atoms with Crippen molar-refractivity contribution in [2.75, 3.05) is 11.9 Å². The molecule has 1 rings (SSSR count). The van der Waals surface area contributed by atoms with E-state index in [1.54, 1.807) is 6.20 Å². The molecule has 0 fully saturated rings. The Morgan fingerprint density at radius 3 is 2.74 bits per heavy atom. The second kappa shape index (κ2) is 6.97. The van der Waals surface area contributed by atoms with Gasteiger partial charge in [-0.15, -0.1) is 0 Å². The van der Waals surface area contributed by atoms with Gasteiger partial charge in [0.1, 0.15) is 0 Å². The predicted octanol–water partition coefficient (Wildman–Crippen LogP) is 2.80. The van der Waals surface area contributed by atoms with E-state index in [1.807, 2.05) is 11.6 Å². The van der Waals surface area contributed by atoms with Crippen LogP contribution < -0.4 is 10.6 Å². The average molecular weight is 264 g/mol. The van der Waals surface area contributed by atoms with E-state index in [0.717, 1.165) is 29.9 Å². The molecular formula is C14H24N4O. The zero-order chi connectivity index (χ0) is 14.4. The Kier molecular flexibility index (Phi) is 5.60. The number of anilines is 1. The van der Waals surface area contributed by atoms with E-state index in [9.17, 15) is 4.79 Å². The number of rotatable bonds is 6. The van der Waals surface area contributed by atoms with Crippen LogP contribution in [0, 0.1) is 5.92 Å². The number of amides is 2. The minimum Gasteiger partial charge on any atom is -0.334 e. The summed E-state index contributed by atoms with van der Waals surface area (Å²) in [6.07, 6.45) is 2.55. The highest BCUT2D eigenvalue weighted by molar-refractivity contribution is 5.89. The van der Waals surface area contributed by atoms with Crippen molar-refractivity contribution in [3.63, 3.8) is 0 Å². The molecule has 0 aromatic carbocycles. The summed E-state index contributed by atoms with van der Waals surface area (Å²) < 4.78 is 1.96. The molecule has 0 aliphatic heterocycles. The van der Waals surface area contributed by atoms with Gasteiger partial charge in [-0.3, -0.25) is 4.68 Å². The lowest BCUT2D eigenvalue weighted by Gasteiger charge is -2.11. The van der Waals surface area contributed by atoms with E-state index < -0.39 is 0 Å². The molecule has 0 aliphatic rings. The minimum atomic E-state index is -0.221. The molecule has 0 saturated carbocycles. The molecule has 1 heterocycles. The summed E-state index contributed by atoms with van der Waals surface area (Å²) >= 11 is 0. The summed E-state index contributed by atoms with van der Waals surface area (Å²) in [6, 6.07) is -0.221. The number of nitrogens with one attached hydrogen (secondary N) is 2. The van der Waals surface area contributed by atoms with Crippen LogP contribution in [0.2, 0.25) is 0 Å². The molecule has 19 heavy (non-hydrogen) atoms. The lowest BCUT2D eigenvalue weighted by atomic mass is 10.2. The first-order valence-electron chi connectivity index (χ1n) is 6.68. The SMILES string of the molecule is C=C(C)CNC(=O)Nc1cnn(CC(C)C)c1CC. The Labute approximate surface area is 115 Å². The van der Waals surface area contributed by atoms with Gasteiger partial charge >= 0.3 is 6.03 Å². The second-order valence-electron chi connectivity index (χ2n) is 5.20. The molecular weight excluding hydrogens is 240 g/mol. The van der Waals surface area contributed by atoms with Gasteiger partial charge in [0.25, 0.3) is 0 Å².